The number of nitrogens with one attached hydrogen (secondary N) is 1. The number of likely N-dealkylation sites (N-methyl/N-ethyl adjacent to an activating group) is 1. The van der Waals surface area contributed by atoms with Crippen LogP contribution < -0.4 is 5.32 Å². The van der Waals surface area contributed by atoms with Gasteiger partial charge in [-0.2, -0.15) is 0 Å². The lowest BCUT2D eigenvalue weighted by molar-refractivity contribution is -0.127. The number of guanidine groups is 1. The minimum atomic E-state index is 0. The first-order chi connectivity index (χ1) is 12.1. The number of hydrogen-bond acceptors (Lipinski definition) is 3. The third-order valence-electron chi connectivity index (χ3n) is 5.92. The number of likely N-dealkylation sites (tertiary alicyclic amines) is 1. The molecule has 3 fully saturated rings. The van der Waals surface area contributed by atoms with E-state index in [9.17, 15) is 4.79 Å². The molecule has 3 rings (SSSR count). The van der Waals surface area contributed by atoms with E-state index in [4.69, 9.17) is 9.73 Å². The molecule has 1 aliphatic carbocycles. The Morgan fingerprint density at radius 1 is 1.23 bits per heavy atom. The molecule has 1 N–H and O–H groups in total. The summed E-state index contributed by atoms with van der Waals surface area (Å²) in [5.41, 5.74) is 0.278. The molecule has 7 heteroatoms. The van der Waals surface area contributed by atoms with Gasteiger partial charge in [-0.25, -0.2) is 4.99 Å². The fourth-order valence-electron chi connectivity index (χ4n) is 4.39. The number of carbonyl (C=O) groups excluding carboxylic acids is 1. The van der Waals surface area contributed by atoms with Gasteiger partial charge in [0, 0.05) is 45.2 Å². The van der Waals surface area contributed by atoms with Gasteiger partial charge in [-0.15, -0.1) is 24.0 Å². The molecular formula is C19H35IN4O2. The van der Waals surface area contributed by atoms with Gasteiger partial charge in [0.1, 0.15) is 6.54 Å². The molecule has 26 heavy (non-hydrogen) atoms. The Bertz CT molecular complexity index is 480. The van der Waals surface area contributed by atoms with E-state index in [2.05, 4.69) is 10.2 Å². The molecule has 0 bridgehead atoms. The fraction of sp³-hybridized carbons (Fsp3) is 0.895. The van der Waals surface area contributed by atoms with Gasteiger partial charge in [0.2, 0.25) is 5.91 Å². The number of halogens is 1. The lowest BCUT2D eigenvalue weighted by Crippen LogP contribution is -2.54. The van der Waals surface area contributed by atoms with Crippen LogP contribution in [0.3, 0.4) is 0 Å². The number of ether oxygens (including phenoxy) is 1. The summed E-state index contributed by atoms with van der Waals surface area (Å²) < 4.78 is 5.81. The minimum Gasteiger partial charge on any atom is -0.381 e. The van der Waals surface area contributed by atoms with Crippen LogP contribution in [0.4, 0.5) is 0 Å². The minimum absolute atomic E-state index is 0. The maximum atomic E-state index is 12.0. The van der Waals surface area contributed by atoms with Crippen LogP contribution in [-0.4, -0.2) is 74.7 Å². The number of hydrogen-bond donors (Lipinski definition) is 1. The van der Waals surface area contributed by atoms with Gasteiger partial charge in [0.25, 0.3) is 0 Å². The zero-order valence-electron chi connectivity index (χ0n) is 16.3. The lowest BCUT2D eigenvalue weighted by atomic mass is 9.76. The fourth-order valence-corrected chi connectivity index (χ4v) is 4.39. The average Bonchev–Trinajstić information content (AvgIpc) is 3.12. The Morgan fingerprint density at radius 2 is 1.96 bits per heavy atom. The summed E-state index contributed by atoms with van der Waals surface area (Å²) >= 11 is 0. The van der Waals surface area contributed by atoms with Crippen molar-refractivity contribution in [3.63, 3.8) is 0 Å². The topological polar surface area (TPSA) is 57.2 Å². The molecule has 0 radical (unpaired) electrons. The summed E-state index contributed by atoms with van der Waals surface area (Å²) in [6.45, 7) is 4.03. The van der Waals surface area contributed by atoms with Gasteiger partial charge < -0.3 is 19.9 Å². The molecule has 3 aliphatic rings. The first-order valence-electron chi connectivity index (χ1n) is 9.92. The van der Waals surface area contributed by atoms with Crippen LogP contribution in [0, 0.1) is 5.41 Å². The van der Waals surface area contributed by atoms with E-state index >= 15 is 0 Å². The largest absolute Gasteiger partial charge is 0.381 e. The first kappa shape index (κ1) is 21.7. The highest BCUT2D eigenvalue weighted by atomic mass is 127. The molecule has 0 aromatic carbocycles. The average molecular weight is 478 g/mol. The molecular weight excluding hydrogens is 443 g/mol. The Hall–Kier alpha value is -0.570. The van der Waals surface area contributed by atoms with Gasteiger partial charge >= 0.3 is 0 Å². The molecule has 1 unspecified atom stereocenters. The van der Waals surface area contributed by atoms with Crippen molar-refractivity contribution < 1.29 is 9.53 Å². The van der Waals surface area contributed by atoms with E-state index in [-0.39, 0.29) is 41.8 Å². The van der Waals surface area contributed by atoms with Crippen molar-refractivity contribution >= 4 is 35.8 Å². The second kappa shape index (κ2) is 10.1. The molecule has 1 spiro atoms. The van der Waals surface area contributed by atoms with Crippen LogP contribution in [0.15, 0.2) is 4.99 Å². The molecule has 0 aromatic rings. The summed E-state index contributed by atoms with van der Waals surface area (Å²) in [5.74, 6) is 0.991. The van der Waals surface area contributed by atoms with Crippen molar-refractivity contribution in [2.75, 3.05) is 46.9 Å². The highest BCUT2D eigenvalue weighted by Crippen LogP contribution is 2.37. The molecule has 1 atom stereocenters. The van der Waals surface area contributed by atoms with Crippen molar-refractivity contribution in [2.24, 2.45) is 10.4 Å². The highest BCUT2D eigenvalue weighted by molar-refractivity contribution is 14.0. The predicted octanol–water partition coefficient (Wildman–Crippen LogP) is 2.47. The Balaban J connectivity index is 0.00000243. The maximum absolute atomic E-state index is 12.0. The number of amides is 1. The maximum Gasteiger partial charge on any atom is 0.243 e. The summed E-state index contributed by atoms with van der Waals surface area (Å²) in [4.78, 5) is 20.7. The van der Waals surface area contributed by atoms with Crippen molar-refractivity contribution in [2.45, 2.75) is 57.4 Å². The molecule has 1 amide bonds. The molecule has 2 saturated heterocycles. The quantitative estimate of drug-likeness (QED) is 0.385. The molecule has 6 nitrogen and oxygen atoms in total. The molecule has 150 valence electrons. The van der Waals surface area contributed by atoms with Crippen molar-refractivity contribution in [1.82, 2.24) is 15.1 Å². The van der Waals surface area contributed by atoms with E-state index in [0.717, 1.165) is 38.7 Å². The highest BCUT2D eigenvalue weighted by Gasteiger charge is 2.38. The van der Waals surface area contributed by atoms with Crippen LogP contribution in [0.25, 0.3) is 0 Å². The number of piperidine rings is 1. The van der Waals surface area contributed by atoms with Gasteiger partial charge in [-0.1, -0.05) is 12.8 Å². The van der Waals surface area contributed by atoms with Gasteiger partial charge in [-0.05, 0) is 38.5 Å². The van der Waals surface area contributed by atoms with Crippen LogP contribution >= 0.6 is 24.0 Å². The van der Waals surface area contributed by atoms with Crippen LogP contribution in [0.5, 0.6) is 0 Å². The number of aliphatic imine (C=N–C) groups is 1. The van der Waals surface area contributed by atoms with Gasteiger partial charge in [0.15, 0.2) is 5.96 Å². The normalized spacial score (nSPS) is 27.3. The summed E-state index contributed by atoms with van der Waals surface area (Å²) in [6.07, 6.45) is 9.84. The first-order valence-corrected chi connectivity index (χ1v) is 9.92. The molecule has 2 heterocycles. The Kier molecular flexibility index (Phi) is 8.44. The second-order valence-corrected chi connectivity index (χ2v) is 8.23. The molecule has 2 aliphatic heterocycles. The van der Waals surface area contributed by atoms with Gasteiger partial charge in [-0.3, -0.25) is 4.79 Å². The van der Waals surface area contributed by atoms with Crippen LogP contribution in [0.2, 0.25) is 0 Å². The SMILES string of the molecule is CN(C)C(=O)CN=C(NC1CCCC1)N1CCCC2(CCCOC2)C1.I. The zero-order chi connectivity index (χ0) is 17.7. The zero-order valence-corrected chi connectivity index (χ0v) is 18.7. The van der Waals surface area contributed by atoms with Gasteiger partial charge in [0.05, 0.1) is 6.61 Å². The van der Waals surface area contributed by atoms with E-state index in [0.29, 0.717) is 6.04 Å². The second-order valence-electron chi connectivity index (χ2n) is 8.23. The smallest absolute Gasteiger partial charge is 0.243 e. The monoisotopic (exact) mass is 478 g/mol. The third-order valence-corrected chi connectivity index (χ3v) is 5.92. The summed E-state index contributed by atoms with van der Waals surface area (Å²) in [6, 6.07) is 0.508. The molecule has 0 aromatic heterocycles. The Labute approximate surface area is 175 Å². The van der Waals surface area contributed by atoms with Crippen LogP contribution in [0.1, 0.15) is 51.4 Å². The lowest BCUT2D eigenvalue weighted by Gasteiger charge is -2.46. The summed E-state index contributed by atoms with van der Waals surface area (Å²) in [7, 11) is 3.58. The summed E-state index contributed by atoms with van der Waals surface area (Å²) in [5, 5.41) is 3.67. The standard InChI is InChI=1S/C19H34N4O2.HI/c1-22(2)17(24)13-20-18(21-16-7-3-4-8-16)23-11-5-9-19(14-23)10-6-12-25-15-19;/h16H,3-15H2,1-2H3,(H,20,21);1H. The van der Waals surface area contributed by atoms with Crippen molar-refractivity contribution in [1.29, 1.82) is 0 Å². The third kappa shape index (κ3) is 5.71. The Morgan fingerprint density at radius 3 is 2.62 bits per heavy atom. The van der Waals surface area contributed by atoms with E-state index in [1.54, 1.807) is 19.0 Å². The van der Waals surface area contributed by atoms with Crippen molar-refractivity contribution in [3.8, 4) is 0 Å². The van der Waals surface area contributed by atoms with E-state index in [1.165, 1.54) is 44.9 Å². The number of rotatable bonds is 3. The predicted molar refractivity (Wildman–Crippen MR) is 115 cm³/mol. The van der Waals surface area contributed by atoms with E-state index in [1.807, 2.05) is 0 Å². The van der Waals surface area contributed by atoms with Crippen molar-refractivity contribution in [3.05, 3.63) is 0 Å². The molecule has 1 saturated carbocycles. The number of carbonyl (C=O) groups is 1. The van der Waals surface area contributed by atoms with Crippen LogP contribution in [-0.2, 0) is 9.53 Å². The van der Waals surface area contributed by atoms with E-state index < -0.39 is 0 Å². The number of nitrogens with zero attached hydrogens (tertiary/aromatic N) is 3.